The van der Waals surface area contributed by atoms with Crippen molar-refractivity contribution in [3.63, 3.8) is 0 Å². The maximum absolute atomic E-state index is 11.2. The topological polar surface area (TPSA) is 32.3 Å². The molecule has 0 aliphatic heterocycles. The van der Waals surface area contributed by atoms with Crippen molar-refractivity contribution in [3.05, 3.63) is 30.3 Å². The van der Waals surface area contributed by atoms with Gasteiger partial charge in [-0.05, 0) is 12.1 Å². The Hall–Kier alpha value is -1.51. The average Bonchev–Trinajstić information content (AvgIpc) is 2.18. The van der Waals surface area contributed by atoms with Gasteiger partial charge in [-0.2, -0.15) is 0 Å². The zero-order valence-electron chi connectivity index (χ0n) is 7.95. The number of rotatable bonds is 1. The van der Waals surface area contributed by atoms with E-state index in [1.807, 2.05) is 18.2 Å². The van der Waals surface area contributed by atoms with Crippen LogP contribution in [-0.2, 0) is 0 Å². The lowest BCUT2D eigenvalue weighted by Gasteiger charge is -2.11. The molecule has 0 bridgehead atoms. The number of urea groups is 1. The second-order valence-electron chi connectivity index (χ2n) is 2.49. The molecule has 0 saturated heterocycles. The van der Waals surface area contributed by atoms with Gasteiger partial charge in [0.05, 0.1) is 0 Å². The summed E-state index contributed by atoms with van der Waals surface area (Å²) in [6.07, 6.45) is 0. The first-order chi connectivity index (χ1) is 6.24. The van der Waals surface area contributed by atoms with Crippen molar-refractivity contribution in [2.24, 2.45) is 0 Å². The Labute approximate surface area is 73.4 Å². The quantitative estimate of drug-likeness (QED) is 0.676. The number of nitrogens with zero attached hydrogens (tertiary/aromatic N) is 1. The highest BCUT2D eigenvalue weighted by Gasteiger charge is 2.01. The Kier molecular flexibility index (Phi) is 2.24. The van der Waals surface area contributed by atoms with Crippen molar-refractivity contribution in [3.8, 4) is 0 Å². The molecule has 0 aliphatic carbocycles. The molecule has 3 nitrogen and oxygen atoms in total. The fourth-order valence-electron chi connectivity index (χ4n) is 0.740. The Morgan fingerprint density at radius 3 is 2.75 bits per heavy atom. The molecule has 0 radical (unpaired) electrons. The van der Waals surface area contributed by atoms with Crippen LogP contribution in [0.25, 0.3) is 0 Å². The van der Waals surface area contributed by atoms with Crippen molar-refractivity contribution >= 4 is 11.7 Å². The summed E-state index contributed by atoms with van der Waals surface area (Å²) in [5.41, 5.74) is 0.743. The van der Waals surface area contributed by atoms with Gasteiger partial charge in [0.2, 0.25) is 0 Å². The summed E-state index contributed by atoms with van der Waals surface area (Å²) in [7, 11) is 1.53. The predicted molar refractivity (Wildman–Crippen MR) is 49.1 cm³/mol. The highest BCUT2D eigenvalue weighted by atomic mass is 16.2. The number of nitrogens with one attached hydrogen (secondary N) is 1. The zero-order valence-corrected chi connectivity index (χ0v) is 6.95. The first-order valence-corrected chi connectivity index (χ1v) is 3.60. The monoisotopic (exact) mass is 165 g/mol. The zero-order chi connectivity index (χ0) is 9.68. The van der Waals surface area contributed by atoms with Gasteiger partial charge in [-0.15, -0.1) is 0 Å². The van der Waals surface area contributed by atoms with Gasteiger partial charge in [-0.25, -0.2) is 4.79 Å². The smallest absolute Gasteiger partial charge is 0.321 e. The molecule has 2 amide bonds. The summed E-state index contributed by atoms with van der Waals surface area (Å²) in [6, 6.07) is 8.91. The lowest BCUT2D eigenvalue weighted by atomic mass is 10.3. The van der Waals surface area contributed by atoms with Gasteiger partial charge >= 0.3 is 6.03 Å². The van der Waals surface area contributed by atoms with E-state index in [0.717, 1.165) is 5.69 Å². The van der Waals surface area contributed by atoms with Crippen LogP contribution in [0.4, 0.5) is 10.5 Å². The fraction of sp³-hybridized carbons (Fsp3) is 0.222. The molecule has 0 fully saturated rings. The van der Waals surface area contributed by atoms with Crippen molar-refractivity contribution in [1.29, 1.82) is 0 Å². The minimum atomic E-state index is -0.263. The van der Waals surface area contributed by atoms with E-state index in [0.29, 0.717) is 0 Å². The number of para-hydroxylation sites is 1. The molecule has 0 aliphatic rings. The number of amides is 2. The number of hydrogen-bond donors (Lipinski definition) is 1. The first kappa shape index (κ1) is 7.16. The molecule has 1 aromatic rings. The molecule has 64 valence electrons. The Morgan fingerprint density at radius 1 is 1.50 bits per heavy atom. The molecule has 0 aromatic heterocycles. The molecule has 0 saturated carbocycles. The van der Waals surface area contributed by atoms with E-state index in [1.165, 1.54) is 4.90 Å². The van der Waals surface area contributed by atoms with E-state index in [2.05, 4.69) is 5.32 Å². The summed E-state index contributed by atoms with van der Waals surface area (Å²) in [4.78, 5) is 12.5. The van der Waals surface area contributed by atoms with Crippen LogP contribution in [0.3, 0.4) is 0 Å². The van der Waals surface area contributed by atoms with Crippen molar-refractivity contribution in [2.45, 2.75) is 0 Å². The normalized spacial score (nSPS) is 10.2. The Bertz CT molecular complexity index is 276. The minimum absolute atomic E-state index is 0.0430. The Balaban J connectivity index is 2.55. The largest absolute Gasteiger partial charge is 0.331 e. The van der Waals surface area contributed by atoms with Crippen LogP contribution < -0.4 is 5.32 Å². The minimum Gasteiger partial charge on any atom is -0.331 e. The van der Waals surface area contributed by atoms with Crippen LogP contribution in [0, 0.1) is 0 Å². The van der Waals surface area contributed by atoms with Crippen molar-refractivity contribution < 1.29 is 6.17 Å². The standard InChI is InChI=1S/C9H12N2O/c1-11(2)9(12)10-8-6-4-3-5-7-8/h3-7H,1-2H3,(H,10,12)/i1D. The molecule has 1 N–H and O–H groups in total. The summed E-state index contributed by atoms with van der Waals surface area (Å²) in [6.45, 7) is 0. The van der Waals surface area contributed by atoms with Gasteiger partial charge in [0.1, 0.15) is 0 Å². The molecular formula is C9H12N2O. The number of carbonyl (C=O) groups excluding carboxylic acids is 1. The van der Waals surface area contributed by atoms with E-state index < -0.39 is 0 Å². The number of hydrogen-bond acceptors (Lipinski definition) is 1. The summed E-state index contributed by atoms with van der Waals surface area (Å²) in [5.74, 6) is 0. The summed E-state index contributed by atoms with van der Waals surface area (Å²) in [5, 5.41) is 2.66. The van der Waals surface area contributed by atoms with Crippen LogP contribution in [-0.4, -0.2) is 25.0 Å². The number of anilines is 1. The number of carbonyl (C=O) groups is 1. The molecule has 12 heavy (non-hydrogen) atoms. The summed E-state index contributed by atoms with van der Waals surface area (Å²) >= 11 is 0. The lowest BCUT2D eigenvalue weighted by Crippen LogP contribution is -2.27. The summed E-state index contributed by atoms with van der Waals surface area (Å²) < 4.78 is 6.97. The van der Waals surface area contributed by atoms with Crippen molar-refractivity contribution in [2.75, 3.05) is 19.4 Å². The second-order valence-corrected chi connectivity index (χ2v) is 2.49. The van der Waals surface area contributed by atoms with E-state index in [-0.39, 0.29) is 13.1 Å². The van der Waals surface area contributed by atoms with E-state index >= 15 is 0 Å². The highest BCUT2D eigenvalue weighted by Crippen LogP contribution is 2.04. The van der Waals surface area contributed by atoms with Gasteiger partial charge in [-0.3, -0.25) is 0 Å². The Morgan fingerprint density at radius 2 is 2.17 bits per heavy atom. The SMILES string of the molecule is [2H]CN(C)C(=O)Nc1ccccc1. The predicted octanol–water partition coefficient (Wildman–Crippen LogP) is 1.78. The maximum atomic E-state index is 11.2. The van der Waals surface area contributed by atoms with Crippen molar-refractivity contribution in [1.82, 2.24) is 4.90 Å². The molecule has 0 unspecified atom stereocenters. The molecule has 3 heteroatoms. The highest BCUT2D eigenvalue weighted by molar-refractivity contribution is 5.88. The molecule has 1 aromatic carbocycles. The third kappa shape index (κ3) is 2.27. The van der Waals surface area contributed by atoms with Crippen LogP contribution in [0.5, 0.6) is 0 Å². The van der Waals surface area contributed by atoms with Gasteiger partial charge in [0.25, 0.3) is 0 Å². The molecule has 0 spiro atoms. The van der Waals surface area contributed by atoms with Crippen LogP contribution in [0.15, 0.2) is 30.3 Å². The lowest BCUT2D eigenvalue weighted by molar-refractivity contribution is 0.230. The average molecular weight is 165 g/mol. The third-order valence-corrected chi connectivity index (χ3v) is 1.37. The maximum Gasteiger partial charge on any atom is 0.321 e. The molecule has 0 heterocycles. The molecular weight excluding hydrogens is 152 g/mol. The fourth-order valence-corrected chi connectivity index (χ4v) is 0.740. The van der Waals surface area contributed by atoms with Crippen LogP contribution in [0.2, 0.25) is 0 Å². The van der Waals surface area contributed by atoms with E-state index in [4.69, 9.17) is 1.37 Å². The van der Waals surface area contributed by atoms with Gasteiger partial charge in [0, 0.05) is 21.1 Å². The first-order valence-electron chi connectivity index (χ1n) is 4.31. The number of benzene rings is 1. The van der Waals surface area contributed by atoms with E-state index in [1.54, 1.807) is 19.2 Å². The van der Waals surface area contributed by atoms with Gasteiger partial charge < -0.3 is 10.2 Å². The second kappa shape index (κ2) is 3.76. The van der Waals surface area contributed by atoms with Crippen LogP contribution in [0.1, 0.15) is 1.37 Å². The van der Waals surface area contributed by atoms with Gasteiger partial charge in [0.15, 0.2) is 0 Å². The van der Waals surface area contributed by atoms with Gasteiger partial charge in [-0.1, -0.05) is 18.2 Å². The van der Waals surface area contributed by atoms with E-state index in [9.17, 15) is 4.79 Å². The molecule has 1 rings (SSSR count). The third-order valence-electron chi connectivity index (χ3n) is 1.37. The molecule has 0 atom stereocenters. The van der Waals surface area contributed by atoms with Crippen LogP contribution >= 0.6 is 0 Å².